The van der Waals surface area contributed by atoms with E-state index in [0.717, 1.165) is 11.3 Å². The van der Waals surface area contributed by atoms with Gasteiger partial charge in [-0.1, -0.05) is 35.9 Å². The van der Waals surface area contributed by atoms with Crippen molar-refractivity contribution in [3.05, 3.63) is 82.4 Å². The van der Waals surface area contributed by atoms with Crippen LogP contribution in [-0.2, 0) is 11.3 Å². The van der Waals surface area contributed by atoms with Gasteiger partial charge in [0.1, 0.15) is 12.1 Å². The fraction of sp³-hybridized carbons (Fsp3) is 0.143. The van der Waals surface area contributed by atoms with Gasteiger partial charge in [-0.3, -0.25) is 9.59 Å². The van der Waals surface area contributed by atoms with Crippen LogP contribution in [0.15, 0.2) is 65.6 Å². The number of hydrogen-bond acceptors (Lipinski definition) is 4. The normalized spacial score (nSPS) is 10.9. The lowest BCUT2D eigenvalue weighted by molar-refractivity contribution is -0.117. The summed E-state index contributed by atoms with van der Waals surface area (Å²) < 4.78 is 2.77. The Bertz CT molecular complexity index is 1210. The first kappa shape index (κ1) is 17.7. The lowest BCUT2D eigenvalue weighted by Gasteiger charge is -2.09. The van der Waals surface area contributed by atoms with Crippen molar-refractivity contribution in [2.45, 2.75) is 20.4 Å². The molecular weight excluding hydrogens is 354 g/mol. The van der Waals surface area contributed by atoms with Gasteiger partial charge in [0.15, 0.2) is 0 Å². The molecule has 0 spiro atoms. The molecule has 0 aliphatic carbocycles. The third-order valence-electron chi connectivity index (χ3n) is 4.50. The van der Waals surface area contributed by atoms with Crippen molar-refractivity contribution >= 4 is 22.5 Å². The average Bonchev–Trinajstić information content (AvgIpc) is 3.14. The molecule has 0 radical (unpaired) electrons. The molecule has 28 heavy (non-hydrogen) atoms. The van der Waals surface area contributed by atoms with Crippen LogP contribution in [0.1, 0.15) is 11.3 Å². The Hall–Kier alpha value is -3.74. The maximum Gasteiger partial charge on any atom is 0.293 e. The lowest BCUT2D eigenvalue weighted by Crippen LogP contribution is -2.31. The number of aryl methyl sites for hydroxylation is 2. The number of nitrogens with one attached hydrogen (secondary N) is 1. The molecule has 0 saturated carbocycles. The topological polar surface area (TPSA) is 81.8 Å². The molecule has 0 bridgehead atoms. The number of para-hydroxylation sites is 1. The Labute approximate surface area is 161 Å². The van der Waals surface area contributed by atoms with Gasteiger partial charge in [0.05, 0.1) is 17.6 Å². The van der Waals surface area contributed by atoms with Crippen LogP contribution in [0.2, 0.25) is 0 Å². The van der Waals surface area contributed by atoms with E-state index in [1.165, 1.54) is 4.68 Å². The molecule has 140 valence electrons. The van der Waals surface area contributed by atoms with Crippen molar-refractivity contribution in [1.82, 2.24) is 19.6 Å². The van der Waals surface area contributed by atoms with Crippen LogP contribution in [-0.4, -0.2) is 25.5 Å². The highest BCUT2D eigenvalue weighted by molar-refractivity contribution is 5.90. The number of rotatable bonds is 4. The molecule has 0 atom stereocenters. The van der Waals surface area contributed by atoms with E-state index in [0.29, 0.717) is 22.3 Å². The molecule has 0 fully saturated rings. The third kappa shape index (κ3) is 3.29. The number of aromatic nitrogens is 4. The van der Waals surface area contributed by atoms with E-state index in [1.807, 2.05) is 61.5 Å². The summed E-state index contributed by atoms with van der Waals surface area (Å²) in [5.74, 6) is -0.317. The van der Waals surface area contributed by atoms with Crippen molar-refractivity contribution in [2.24, 2.45) is 0 Å². The smallest absolute Gasteiger partial charge is 0.293 e. The number of nitrogens with zero attached hydrogens (tertiary/aromatic N) is 4. The number of carbonyl (C=O) groups excluding carboxylic acids is 1. The van der Waals surface area contributed by atoms with Gasteiger partial charge in [-0.05, 0) is 38.1 Å². The largest absolute Gasteiger partial charge is 0.324 e. The summed E-state index contributed by atoms with van der Waals surface area (Å²) in [6, 6.07) is 16.9. The highest BCUT2D eigenvalue weighted by Crippen LogP contribution is 2.17. The Morgan fingerprint density at radius 1 is 1.04 bits per heavy atom. The minimum Gasteiger partial charge on any atom is -0.324 e. The summed E-state index contributed by atoms with van der Waals surface area (Å²) in [4.78, 5) is 25.5. The van der Waals surface area contributed by atoms with Gasteiger partial charge in [-0.15, -0.1) is 0 Å². The molecule has 0 saturated heterocycles. The van der Waals surface area contributed by atoms with E-state index in [4.69, 9.17) is 0 Å². The van der Waals surface area contributed by atoms with Gasteiger partial charge >= 0.3 is 0 Å². The van der Waals surface area contributed by atoms with E-state index >= 15 is 0 Å². The minimum absolute atomic E-state index is 0.177. The molecule has 7 nitrogen and oxygen atoms in total. The highest BCUT2D eigenvalue weighted by atomic mass is 16.2. The maximum absolute atomic E-state index is 13.0. The van der Waals surface area contributed by atoms with E-state index in [1.54, 1.807) is 17.8 Å². The highest BCUT2D eigenvalue weighted by Gasteiger charge is 2.16. The first-order valence-electron chi connectivity index (χ1n) is 8.90. The molecule has 7 heteroatoms. The lowest BCUT2D eigenvalue weighted by atomic mass is 10.2. The van der Waals surface area contributed by atoms with E-state index in [9.17, 15) is 9.59 Å². The van der Waals surface area contributed by atoms with Gasteiger partial charge in [0.2, 0.25) is 5.91 Å². The van der Waals surface area contributed by atoms with Crippen LogP contribution in [0.4, 0.5) is 5.69 Å². The van der Waals surface area contributed by atoms with Crippen LogP contribution >= 0.6 is 0 Å². The van der Waals surface area contributed by atoms with Gasteiger partial charge in [-0.25, -0.2) is 9.36 Å². The number of amides is 1. The maximum atomic E-state index is 13.0. The summed E-state index contributed by atoms with van der Waals surface area (Å²) in [6.45, 7) is 3.60. The van der Waals surface area contributed by atoms with Gasteiger partial charge in [0.25, 0.3) is 5.56 Å². The molecule has 0 unspecified atom stereocenters. The quantitative estimate of drug-likeness (QED) is 0.596. The molecule has 4 aromatic rings. The van der Waals surface area contributed by atoms with Crippen molar-refractivity contribution < 1.29 is 4.79 Å². The van der Waals surface area contributed by atoms with Crippen LogP contribution < -0.4 is 10.9 Å². The summed E-state index contributed by atoms with van der Waals surface area (Å²) in [7, 11) is 0. The number of carbonyl (C=O) groups is 1. The molecule has 2 aromatic carbocycles. The molecule has 2 heterocycles. The Balaban J connectivity index is 1.70. The van der Waals surface area contributed by atoms with Crippen LogP contribution in [0, 0.1) is 13.8 Å². The van der Waals surface area contributed by atoms with Crippen molar-refractivity contribution in [3.8, 4) is 5.69 Å². The minimum atomic E-state index is -0.360. The average molecular weight is 373 g/mol. The standard InChI is InChI=1S/C21H19N5O2/c1-14-8-10-16(11-9-14)23-19(27)13-25-21(28)20-18(15(2)24-25)12-22-26(20)17-6-4-3-5-7-17/h3-12H,13H2,1-2H3,(H,23,27). The van der Waals surface area contributed by atoms with Gasteiger partial charge < -0.3 is 5.32 Å². The Morgan fingerprint density at radius 3 is 2.46 bits per heavy atom. The number of fused-ring (bicyclic) bond motifs is 1. The van der Waals surface area contributed by atoms with E-state index in [-0.39, 0.29) is 18.0 Å². The second-order valence-electron chi connectivity index (χ2n) is 6.62. The Morgan fingerprint density at radius 2 is 1.75 bits per heavy atom. The number of hydrogen-bond donors (Lipinski definition) is 1. The first-order valence-corrected chi connectivity index (χ1v) is 8.90. The first-order chi connectivity index (χ1) is 13.5. The predicted octanol–water partition coefficient (Wildman–Crippen LogP) is 2.84. The van der Waals surface area contributed by atoms with E-state index in [2.05, 4.69) is 15.5 Å². The fourth-order valence-electron chi connectivity index (χ4n) is 3.07. The molecule has 0 aliphatic heterocycles. The zero-order valence-electron chi connectivity index (χ0n) is 15.6. The number of anilines is 1. The van der Waals surface area contributed by atoms with E-state index < -0.39 is 0 Å². The second kappa shape index (κ2) is 7.11. The zero-order valence-corrected chi connectivity index (χ0v) is 15.6. The monoisotopic (exact) mass is 373 g/mol. The molecule has 1 N–H and O–H groups in total. The zero-order chi connectivity index (χ0) is 19.7. The van der Waals surface area contributed by atoms with Crippen molar-refractivity contribution in [1.29, 1.82) is 0 Å². The Kier molecular flexibility index (Phi) is 4.49. The number of benzene rings is 2. The summed E-state index contributed by atoms with van der Waals surface area (Å²) in [5, 5.41) is 12.1. The second-order valence-corrected chi connectivity index (χ2v) is 6.62. The predicted molar refractivity (Wildman–Crippen MR) is 108 cm³/mol. The molecule has 1 amide bonds. The van der Waals surface area contributed by atoms with Crippen LogP contribution in [0.5, 0.6) is 0 Å². The molecule has 2 aromatic heterocycles. The molecule has 4 rings (SSSR count). The summed E-state index contributed by atoms with van der Waals surface area (Å²) in [5.41, 5.74) is 3.24. The fourth-order valence-corrected chi connectivity index (χ4v) is 3.07. The summed E-state index contributed by atoms with van der Waals surface area (Å²) in [6.07, 6.45) is 1.63. The van der Waals surface area contributed by atoms with Gasteiger partial charge in [0, 0.05) is 11.1 Å². The van der Waals surface area contributed by atoms with Crippen LogP contribution in [0.25, 0.3) is 16.6 Å². The van der Waals surface area contributed by atoms with Crippen molar-refractivity contribution in [2.75, 3.05) is 5.32 Å². The molecule has 0 aliphatic rings. The SMILES string of the molecule is Cc1ccc(NC(=O)Cn2nc(C)c3cnn(-c4ccccc4)c3c2=O)cc1. The molecular formula is C21H19N5O2. The third-order valence-corrected chi connectivity index (χ3v) is 4.50. The van der Waals surface area contributed by atoms with Gasteiger partial charge in [-0.2, -0.15) is 10.2 Å². The summed E-state index contributed by atoms with van der Waals surface area (Å²) >= 11 is 0. The van der Waals surface area contributed by atoms with Crippen LogP contribution in [0.3, 0.4) is 0 Å². The van der Waals surface area contributed by atoms with Crippen molar-refractivity contribution in [3.63, 3.8) is 0 Å².